The van der Waals surface area contributed by atoms with Crippen molar-refractivity contribution in [3.63, 3.8) is 0 Å². The third-order valence-corrected chi connectivity index (χ3v) is 6.77. The van der Waals surface area contributed by atoms with Gasteiger partial charge in [-0.15, -0.1) is 0 Å². The van der Waals surface area contributed by atoms with Crippen LogP contribution in [0, 0.1) is 6.92 Å². The summed E-state index contributed by atoms with van der Waals surface area (Å²) in [6.07, 6.45) is 1.95. The van der Waals surface area contributed by atoms with E-state index in [2.05, 4.69) is 34.6 Å². The first kappa shape index (κ1) is 21.4. The second kappa shape index (κ2) is 8.83. The molecule has 4 aromatic rings. The molecule has 33 heavy (non-hydrogen) atoms. The largest absolute Gasteiger partial charge is 0.351 e. The second-order valence-corrected chi connectivity index (χ2v) is 9.10. The summed E-state index contributed by atoms with van der Waals surface area (Å²) in [5.74, 6) is -0.00716. The number of amides is 1. The number of hydrogen-bond acceptors (Lipinski definition) is 3. The Morgan fingerprint density at radius 2 is 1.82 bits per heavy atom. The highest BCUT2D eigenvalue weighted by Gasteiger charge is 2.27. The Morgan fingerprint density at radius 3 is 2.58 bits per heavy atom. The average Bonchev–Trinajstić information content (AvgIpc) is 3.15. The maximum absolute atomic E-state index is 13.3. The fourth-order valence-electron chi connectivity index (χ4n) is 5.05. The maximum Gasteiger partial charge on any atom is 0.273 e. The van der Waals surface area contributed by atoms with Gasteiger partial charge in [-0.25, -0.2) is 4.52 Å². The van der Waals surface area contributed by atoms with Gasteiger partial charge in [0.15, 0.2) is 5.65 Å². The predicted molar refractivity (Wildman–Crippen MR) is 128 cm³/mol. The van der Waals surface area contributed by atoms with Crippen molar-refractivity contribution in [1.29, 1.82) is 0 Å². The average molecular weight is 445 g/mol. The molecule has 0 aliphatic carbocycles. The zero-order valence-electron chi connectivity index (χ0n) is 19.1. The van der Waals surface area contributed by atoms with Gasteiger partial charge < -0.3 is 10.2 Å². The molecule has 0 radical (unpaired) electrons. The lowest BCUT2D eigenvalue weighted by molar-refractivity contribution is -0.918. The number of piperidine rings is 1. The van der Waals surface area contributed by atoms with Gasteiger partial charge in [0.1, 0.15) is 12.6 Å². The number of aryl methyl sites for hydroxylation is 1. The van der Waals surface area contributed by atoms with E-state index < -0.39 is 6.04 Å². The van der Waals surface area contributed by atoms with Crippen LogP contribution >= 0.6 is 0 Å². The molecule has 1 fully saturated rings. The minimum Gasteiger partial charge on any atom is -0.351 e. The Bertz CT molecular complexity index is 1350. The molecule has 1 amide bonds. The van der Waals surface area contributed by atoms with Crippen LogP contribution in [0.5, 0.6) is 0 Å². The first-order chi connectivity index (χ1) is 16.0. The van der Waals surface area contributed by atoms with E-state index in [0.717, 1.165) is 49.1 Å². The van der Waals surface area contributed by atoms with Gasteiger partial charge in [-0.1, -0.05) is 42.5 Å². The fourth-order valence-corrected chi connectivity index (χ4v) is 5.05. The Morgan fingerprint density at radius 1 is 1.12 bits per heavy atom. The molecule has 1 saturated heterocycles. The van der Waals surface area contributed by atoms with E-state index in [9.17, 15) is 9.59 Å². The quantitative estimate of drug-likeness (QED) is 0.494. The van der Waals surface area contributed by atoms with Crippen molar-refractivity contribution in [3.8, 4) is 0 Å². The Balaban J connectivity index is 1.33. The van der Waals surface area contributed by atoms with Crippen molar-refractivity contribution in [2.45, 2.75) is 45.3 Å². The molecule has 7 heteroatoms. The Hall–Kier alpha value is -3.45. The maximum atomic E-state index is 13.3. The zero-order chi connectivity index (χ0) is 22.9. The van der Waals surface area contributed by atoms with E-state index in [4.69, 9.17) is 0 Å². The minimum absolute atomic E-state index is 0.00716. The Labute approximate surface area is 192 Å². The van der Waals surface area contributed by atoms with Crippen LogP contribution in [0.3, 0.4) is 0 Å². The predicted octanol–water partition coefficient (Wildman–Crippen LogP) is 1.88. The summed E-state index contributed by atoms with van der Waals surface area (Å²) in [5.41, 5.74) is 3.34. The third kappa shape index (κ3) is 4.16. The second-order valence-electron chi connectivity index (χ2n) is 9.10. The van der Waals surface area contributed by atoms with E-state index in [-0.39, 0.29) is 17.5 Å². The van der Waals surface area contributed by atoms with Gasteiger partial charge >= 0.3 is 0 Å². The molecular weight excluding hydrogens is 414 g/mol. The lowest BCUT2D eigenvalue weighted by atomic mass is 10.0. The molecule has 5 rings (SSSR count). The minimum atomic E-state index is -0.440. The summed E-state index contributed by atoms with van der Waals surface area (Å²) in [7, 11) is 0. The molecule has 7 nitrogen and oxygen atoms in total. The fraction of sp³-hybridized carbons (Fsp3) is 0.346. The lowest BCUT2D eigenvalue weighted by Gasteiger charge is -2.30. The molecule has 0 bridgehead atoms. The lowest BCUT2D eigenvalue weighted by Crippen LogP contribution is -3.12. The normalized spacial score (nSPS) is 19.6. The van der Waals surface area contributed by atoms with E-state index in [1.807, 2.05) is 53.4 Å². The highest BCUT2D eigenvalue weighted by atomic mass is 16.2. The number of likely N-dealkylation sites (tertiary alicyclic amines) is 1. The van der Waals surface area contributed by atoms with Gasteiger partial charge in [-0.3, -0.25) is 14.3 Å². The van der Waals surface area contributed by atoms with Crippen LogP contribution in [0.2, 0.25) is 0 Å². The van der Waals surface area contributed by atoms with Crippen molar-refractivity contribution >= 4 is 22.5 Å². The summed E-state index contributed by atoms with van der Waals surface area (Å²) in [6, 6.07) is 19.6. The summed E-state index contributed by atoms with van der Waals surface area (Å²) >= 11 is 0. The van der Waals surface area contributed by atoms with Gasteiger partial charge in [-0.2, -0.15) is 4.98 Å². The molecule has 3 heterocycles. The zero-order valence-corrected chi connectivity index (χ0v) is 19.1. The molecular formula is C26H30N5O2+. The van der Waals surface area contributed by atoms with Crippen molar-refractivity contribution in [3.05, 3.63) is 82.3 Å². The van der Waals surface area contributed by atoms with E-state index in [1.165, 1.54) is 11.6 Å². The van der Waals surface area contributed by atoms with Crippen molar-refractivity contribution in [2.75, 3.05) is 13.1 Å². The summed E-state index contributed by atoms with van der Waals surface area (Å²) in [6.45, 7) is 6.92. The number of hydrogen-bond donors (Lipinski definition) is 2. The molecule has 170 valence electrons. The molecule has 0 spiro atoms. The van der Waals surface area contributed by atoms with E-state index in [1.54, 1.807) is 4.90 Å². The van der Waals surface area contributed by atoms with Crippen LogP contribution in [-0.2, 0) is 11.3 Å². The number of carbonyl (C=O) groups excluding carboxylic acids is 1. The highest BCUT2D eigenvalue weighted by Crippen LogP contribution is 2.25. The number of para-hydroxylation sites is 1. The summed E-state index contributed by atoms with van der Waals surface area (Å²) < 4.78 is 3.85. The topological polar surface area (TPSA) is 72.8 Å². The number of rotatable bonds is 5. The highest BCUT2D eigenvalue weighted by molar-refractivity contribution is 5.94. The van der Waals surface area contributed by atoms with Crippen LogP contribution in [0.4, 0.5) is 0 Å². The number of benzene rings is 2. The van der Waals surface area contributed by atoms with Crippen LogP contribution in [-0.4, -0.2) is 39.2 Å². The third-order valence-electron chi connectivity index (χ3n) is 6.77. The van der Waals surface area contributed by atoms with Gasteiger partial charge in [-0.05, 0) is 26.0 Å². The van der Waals surface area contributed by atoms with Gasteiger partial charge in [0.25, 0.3) is 5.56 Å². The van der Waals surface area contributed by atoms with Crippen LogP contribution < -0.4 is 15.8 Å². The van der Waals surface area contributed by atoms with Crippen LogP contribution in [0.1, 0.15) is 37.1 Å². The molecule has 2 aromatic carbocycles. The first-order valence-electron chi connectivity index (χ1n) is 11.7. The van der Waals surface area contributed by atoms with Gasteiger partial charge in [0.2, 0.25) is 5.91 Å². The van der Waals surface area contributed by atoms with Gasteiger partial charge in [0.05, 0.1) is 18.6 Å². The molecule has 1 aliphatic rings. The number of aromatic nitrogens is 3. The summed E-state index contributed by atoms with van der Waals surface area (Å²) in [5, 5.41) is 4.15. The molecule has 1 aliphatic heterocycles. The van der Waals surface area contributed by atoms with Crippen molar-refractivity contribution < 1.29 is 9.69 Å². The van der Waals surface area contributed by atoms with E-state index in [0.29, 0.717) is 5.65 Å². The smallest absolute Gasteiger partial charge is 0.273 e. The first-order valence-corrected chi connectivity index (χ1v) is 11.7. The van der Waals surface area contributed by atoms with E-state index >= 15 is 0 Å². The molecule has 0 saturated carbocycles. The SMILES string of the molecule is Cc1cc(=O)nc2c3ccccc3n(C(C)C(=O)NC3CC[NH+](Cc4ccccc4)CC3)n12. The molecule has 2 N–H and O–H groups in total. The molecule has 2 aromatic heterocycles. The number of fused-ring (bicyclic) bond motifs is 3. The van der Waals surface area contributed by atoms with Crippen LogP contribution in [0.25, 0.3) is 16.6 Å². The molecule has 1 atom stereocenters. The number of quaternary nitrogens is 1. The number of nitrogens with one attached hydrogen (secondary N) is 2. The van der Waals surface area contributed by atoms with Crippen LogP contribution in [0.15, 0.2) is 65.5 Å². The van der Waals surface area contributed by atoms with Crippen molar-refractivity contribution in [1.82, 2.24) is 19.5 Å². The summed E-state index contributed by atoms with van der Waals surface area (Å²) in [4.78, 5) is 31.2. The number of carbonyl (C=O) groups is 1. The molecule has 1 unspecified atom stereocenters. The Kier molecular flexibility index (Phi) is 5.72. The van der Waals surface area contributed by atoms with Crippen molar-refractivity contribution in [2.24, 2.45) is 0 Å². The van der Waals surface area contributed by atoms with Gasteiger partial charge in [0, 0.05) is 41.6 Å². The number of nitrogens with zero attached hydrogens (tertiary/aromatic N) is 3. The standard InChI is InChI=1S/C26H29N5O2/c1-18-16-24(32)28-25-22-10-6-7-11-23(22)31(30(18)25)19(2)26(33)27-21-12-14-29(15-13-21)17-20-8-4-3-5-9-20/h3-11,16,19,21H,12-15,17H2,1-2H3,(H,27,33)/p+1. The monoisotopic (exact) mass is 444 g/mol.